The van der Waals surface area contributed by atoms with Crippen LogP contribution in [0.4, 0.5) is 0 Å². The maximum Gasteiger partial charge on any atom is 0.242 e. The summed E-state index contributed by atoms with van der Waals surface area (Å²) in [5.74, 6) is 0.193. The maximum absolute atomic E-state index is 12.5. The molecule has 0 heterocycles. The maximum atomic E-state index is 12.5. The number of hydrogen-bond acceptors (Lipinski definition) is 2. The van der Waals surface area contributed by atoms with Gasteiger partial charge in [0.1, 0.15) is 0 Å². The van der Waals surface area contributed by atoms with E-state index in [1.54, 1.807) is 19.2 Å². The normalized spacial score (nSPS) is 13.1. The molecule has 0 radical (unpaired) electrons. The number of nitrogens with zero attached hydrogens (tertiary/aromatic N) is 1. The Hall–Kier alpha value is -0.910. The highest BCUT2D eigenvalue weighted by molar-refractivity contribution is 9.11. The van der Waals surface area contributed by atoms with E-state index in [9.17, 15) is 8.42 Å². The first-order valence-electron chi connectivity index (χ1n) is 6.77. The molecule has 1 atom stereocenters. The SMILES string of the molecule is C=CCC(CCN(C)S(=O)(=O)c1ccc(C)cc1)C(=C)Br. The molecule has 0 amide bonds. The number of rotatable bonds is 8. The molecule has 116 valence electrons. The van der Waals surface area contributed by atoms with E-state index < -0.39 is 10.0 Å². The minimum absolute atomic E-state index is 0.193. The summed E-state index contributed by atoms with van der Waals surface area (Å²) in [5, 5.41) is 0. The van der Waals surface area contributed by atoms with Gasteiger partial charge in [0, 0.05) is 13.6 Å². The molecule has 0 spiro atoms. The predicted molar refractivity (Wildman–Crippen MR) is 92.0 cm³/mol. The van der Waals surface area contributed by atoms with Gasteiger partial charge in [-0.25, -0.2) is 12.7 Å². The summed E-state index contributed by atoms with van der Waals surface area (Å²) in [7, 11) is -1.82. The third kappa shape index (κ3) is 5.09. The molecule has 1 rings (SSSR count). The van der Waals surface area contributed by atoms with Crippen molar-refractivity contribution >= 4 is 26.0 Å². The van der Waals surface area contributed by atoms with Crippen molar-refractivity contribution in [3.8, 4) is 0 Å². The molecule has 0 aliphatic rings. The first-order chi connectivity index (χ1) is 9.78. The Morgan fingerprint density at radius 1 is 1.38 bits per heavy atom. The van der Waals surface area contributed by atoms with E-state index in [0.717, 1.165) is 16.5 Å². The number of halogens is 1. The quantitative estimate of drug-likeness (QED) is 0.644. The van der Waals surface area contributed by atoms with Crippen LogP contribution in [0.25, 0.3) is 0 Å². The van der Waals surface area contributed by atoms with Gasteiger partial charge in [-0.2, -0.15) is 0 Å². The number of allylic oxidation sites excluding steroid dienone is 2. The highest BCUT2D eigenvalue weighted by atomic mass is 79.9. The van der Waals surface area contributed by atoms with Crippen LogP contribution in [0.3, 0.4) is 0 Å². The van der Waals surface area contributed by atoms with Crippen LogP contribution < -0.4 is 0 Å². The Morgan fingerprint density at radius 2 is 1.95 bits per heavy atom. The fraction of sp³-hybridized carbons (Fsp3) is 0.375. The monoisotopic (exact) mass is 371 g/mol. The van der Waals surface area contributed by atoms with E-state index in [0.29, 0.717) is 17.9 Å². The summed E-state index contributed by atoms with van der Waals surface area (Å²) < 4.78 is 27.2. The molecule has 0 fully saturated rings. The first-order valence-corrected chi connectivity index (χ1v) is 9.00. The van der Waals surface area contributed by atoms with Crippen molar-refractivity contribution in [1.29, 1.82) is 0 Å². The Kier molecular flexibility index (Phi) is 6.84. The lowest BCUT2D eigenvalue weighted by Crippen LogP contribution is -2.29. The van der Waals surface area contributed by atoms with Gasteiger partial charge in [-0.3, -0.25) is 0 Å². The minimum Gasteiger partial charge on any atom is -0.207 e. The molecule has 0 saturated carbocycles. The van der Waals surface area contributed by atoms with Crippen LogP contribution in [0.2, 0.25) is 0 Å². The van der Waals surface area contributed by atoms with Crippen molar-refractivity contribution in [2.75, 3.05) is 13.6 Å². The summed E-state index contributed by atoms with van der Waals surface area (Å²) in [5.41, 5.74) is 1.04. The lowest BCUT2D eigenvalue weighted by molar-refractivity contribution is 0.431. The van der Waals surface area contributed by atoms with Crippen LogP contribution in [0.1, 0.15) is 18.4 Å². The lowest BCUT2D eigenvalue weighted by Gasteiger charge is -2.20. The van der Waals surface area contributed by atoms with E-state index >= 15 is 0 Å². The summed E-state index contributed by atoms with van der Waals surface area (Å²) >= 11 is 3.39. The topological polar surface area (TPSA) is 37.4 Å². The van der Waals surface area contributed by atoms with E-state index in [2.05, 4.69) is 29.1 Å². The minimum atomic E-state index is -3.43. The van der Waals surface area contributed by atoms with Gasteiger partial charge in [0.05, 0.1) is 4.90 Å². The van der Waals surface area contributed by atoms with Crippen molar-refractivity contribution in [3.05, 3.63) is 53.5 Å². The van der Waals surface area contributed by atoms with E-state index in [-0.39, 0.29) is 5.92 Å². The van der Waals surface area contributed by atoms with Crippen LogP contribution >= 0.6 is 15.9 Å². The predicted octanol–water partition coefficient (Wildman–Crippen LogP) is 4.11. The Labute approximate surface area is 136 Å². The smallest absolute Gasteiger partial charge is 0.207 e. The van der Waals surface area contributed by atoms with Crippen molar-refractivity contribution < 1.29 is 8.42 Å². The van der Waals surface area contributed by atoms with Crippen LogP contribution in [0.5, 0.6) is 0 Å². The molecule has 0 aromatic heterocycles. The van der Waals surface area contributed by atoms with Crippen LogP contribution in [0.15, 0.2) is 52.9 Å². The lowest BCUT2D eigenvalue weighted by atomic mass is 10.0. The molecular weight excluding hydrogens is 350 g/mol. The first kappa shape index (κ1) is 18.1. The van der Waals surface area contributed by atoms with Gasteiger partial charge in [0.2, 0.25) is 10.0 Å². The van der Waals surface area contributed by atoms with E-state index in [1.165, 1.54) is 4.31 Å². The van der Waals surface area contributed by atoms with Gasteiger partial charge in [-0.05, 0) is 42.3 Å². The zero-order chi connectivity index (χ0) is 16.0. The van der Waals surface area contributed by atoms with Crippen molar-refractivity contribution in [2.45, 2.75) is 24.7 Å². The largest absolute Gasteiger partial charge is 0.242 e. The second-order valence-corrected chi connectivity index (χ2v) is 8.16. The standard InChI is InChI=1S/C16H22BrNO2S/c1-5-6-15(14(3)17)11-12-18(4)21(19,20)16-9-7-13(2)8-10-16/h5,7-10,15H,1,3,6,11-12H2,2,4H3. The van der Waals surface area contributed by atoms with Crippen LogP contribution in [-0.4, -0.2) is 26.3 Å². The number of hydrogen-bond donors (Lipinski definition) is 0. The summed E-state index contributed by atoms with van der Waals surface area (Å²) in [6.45, 7) is 9.98. The Bertz CT molecular complexity index is 593. The zero-order valence-corrected chi connectivity index (χ0v) is 15.0. The van der Waals surface area contributed by atoms with Crippen molar-refractivity contribution in [1.82, 2.24) is 4.31 Å². The second-order valence-electron chi connectivity index (χ2n) is 5.10. The number of benzene rings is 1. The highest BCUT2D eigenvalue weighted by Gasteiger charge is 2.21. The molecule has 5 heteroatoms. The molecule has 0 aliphatic carbocycles. The molecule has 0 saturated heterocycles. The van der Waals surface area contributed by atoms with E-state index in [1.807, 2.05) is 25.1 Å². The van der Waals surface area contributed by atoms with E-state index in [4.69, 9.17) is 0 Å². The Balaban J connectivity index is 2.77. The fourth-order valence-electron chi connectivity index (χ4n) is 1.95. The van der Waals surface area contributed by atoms with Gasteiger partial charge in [0.15, 0.2) is 0 Å². The summed E-state index contributed by atoms with van der Waals surface area (Å²) in [6, 6.07) is 6.90. The third-order valence-corrected chi connectivity index (χ3v) is 5.93. The molecule has 1 unspecified atom stereocenters. The molecule has 0 aliphatic heterocycles. The second kappa shape index (κ2) is 7.92. The molecular formula is C16H22BrNO2S. The van der Waals surface area contributed by atoms with Gasteiger partial charge < -0.3 is 0 Å². The molecule has 1 aromatic rings. The summed E-state index contributed by atoms with van der Waals surface area (Å²) in [4.78, 5) is 0.327. The molecule has 1 aromatic carbocycles. The van der Waals surface area contributed by atoms with Crippen LogP contribution in [0, 0.1) is 12.8 Å². The van der Waals surface area contributed by atoms with Crippen molar-refractivity contribution in [3.63, 3.8) is 0 Å². The molecule has 21 heavy (non-hydrogen) atoms. The van der Waals surface area contributed by atoms with Gasteiger partial charge >= 0.3 is 0 Å². The van der Waals surface area contributed by atoms with Crippen molar-refractivity contribution in [2.24, 2.45) is 5.92 Å². The Morgan fingerprint density at radius 3 is 2.43 bits per heavy atom. The van der Waals surface area contributed by atoms with Gasteiger partial charge in [-0.1, -0.05) is 46.3 Å². The van der Waals surface area contributed by atoms with Gasteiger partial charge in [-0.15, -0.1) is 6.58 Å². The fourth-order valence-corrected chi connectivity index (χ4v) is 3.55. The average molecular weight is 372 g/mol. The zero-order valence-electron chi connectivity index (χ0n) is 12.5. The molecule has 0 bridgehead atoms. The highest BCUT2D eigenvalue weighted by Crippen LogP contribution is 2.24. The third-order valence-electron chi connectivity index (χ3n) is 3.42. The van der Waals surface area contributed by atoms with Gasteiger partial charge in [0.25, 0.3) is 0 Å². The molecule has 3 nitrogen and oxygen atoms in total. The average Bonchev–Trinajstić information content (AvgIpc) is 2.43. The number of sulfonamides is 1. The molecule has 0 N–H and O–H groups in total. The summed E-state index contributed by atoms with van der Waals surface area (Å²) in [6.07, 6.45) is 3.31. The van der Waals surface area contributed by atoms with Crippen LogP contribution in [-0.2, 0) is 10.0 Å². The number of aryl methyl sites for hydroxylation is 1.